The number of nitrogens with zero attached hydrogens (tertiary/aromatic N) is 4. The highest BCUT2D eigenvalue weighted by molar-refractivity contribution is 5.92. The van der Waals surface area contributed by atoms with Crippen LogP contribution in [0.15, 0.2) is 53.5 Å². The summed E-state index contributed by atoms with van der Waals surface area (Å²) < 4.78 is 1.61. The Balaban J connectivity index is 1.47. The van der Waals surface area contributed by atoms with Crippen molar-refractivity contribution < 1.29 is 4.79 Å². The van der Waals surface area contributed by atoms with Crippen LogP contribution in [0.5, 0.6) is 0 Å². The zero-order valence-corrected chi connectivity index (χ0v) is 15.1. The predicted octanol–water partition coefficient (Wildman–Crippen LogP) is 1.73. The van der Waals surface area contributed by atoms with Gasteiger partial charge in [-0.1, -0.05) is 18.2 Å². The summed E-state index contributed by atoms with van der Waals surface area (Å²) >= 11 is 0. The molecule has 1 aliphatic rings. The molecule has 3 heterocycles. The molecule has 0 radical (unpaired) electrons. The van der Waals surface area contributed by atoms with Gasteiger partial charge in [-0.25, -0.2) is 4.98 Å². The quantitative estimate of drug-likeness (QED) is 0.767. The first-order valence-electron chi connectivity index (χ1n) is 9.06. The topological polar surface area (TPSA) is 80.1 Å². The van der Waals surface area contributed by atoms with Gasteiger partial charge in [0.2, 0.25) is 5.95 Å². The molecule has 1 saturated heterocycles. The highest BCUT2D eigenvalue weighted by Crippen LogP contribution is 2.19. The largest absolute Gasteiger partial charge is 0.348 e. The van der Waals surface area contributed by atoms with Crippen LogP contribution < -0.4 is 15.8 Å². The van der Waals surface area contributed by atoms with E-state index in [4.69, 9.17) is 0 Å². The smallest absolute Gasteiger partial charge is 0.270 e. The first-order valence-corrected chi connectivity index (χ1v) is 9.06. The maximum absolute atomic E-state index is 12.6. The van der Waals surface area contributed by atoms with Crippen molar-refractivity contribution in [2.24, 2.45) is 7.05 Å². The normalized spacial score (nSPS) is 15.1. The second kappa shape index (κ2) is 7.19. The fourth-order valence-corrected chi connectivity index (χ4v) is 3.47. The van der Waals surface area contributed by atoms with E-state index < -0.39 is 0 Å². The number of nitrogens with one attached hydrogen (secondary N) is 1. The fraction of sp³-hybridized carbons (Fsp3) is 0.300. The van der Waals surface area contributed by atoms with Gasteiger partial charge in [0.1, 0.15) is 5.69 Å². The summed E-state index contributed by atoms with van der Waals surface area (Å²) in [7, 11) is 1.76. The highest BCUT2D eigenvalue weighted by Gasteiger charge is 2.24. The molecule has 1 N–H and O–H groups in total. The number of piperidine rings is 1. The number of benzene rings is 1. The molecule has 27 heavy (non-hydrogen) atoms. The van der Waals surface area contributed by atoms with Gasteiger partial charge in [-0.2, -0.15) is 0 Å². The van der Waals surface area contributed by atoms with Gasteiger partial charge in [-0.15, -0.1) is 0 Å². The lowest BCUT2D eigenvalue weighted by atomic mass is 10.1. The van der Waals surface area contributed by atoms with Crippen molar-refractivity contribution in [1.82, 2.24) is 19.9 Å². The number of amides is 1. The molecule has 0 saturated carbocycles. The van der Waals surface area contributed by atoms with Crippen LogP contribution in [0.2, 0.25) is 0 Å². The Labute approximate surface area is 156 Å². The molecule has 2 aromatic heterocycles. The van der Waals surface area contributed by atoms with Crippen LogP contribution in [0, 0.1) is 0 Å². The lowest BCUT2D eigenvalue weighted by molar-refractivity contribution is 0.0926. The number of para-hydroxylation sites is 1. The number of anilines is 1. The summed E-state index contributed by atoms with van der Waals surface area (Å²) in [5, 5.41) is 3.67. The average Bonchev–Trinajstić information content (AvgIpc) is 2.72. The number of carbonyl (C=O) groups excluding carboxylic acids is 1. The van der Waals surface area contributed by atoms with Gasteiger partial charge < -0.3 is 10.2 Å². The standard InChI is InChI=1S/C20H21N5O2/c1-24-19(27)15-6-2-3-7-16(15)23-20(24)25-12-9-14(10-13-25)22-18(26)17-8-4-5-11-21-17/h2-8,11,14H,9-10,12-13H2,1H3,(H,22,26). The van der Waals surface area contributed by atoms with Crippen molar-refractivity contribution in [1.29, 1.82) is 0 Å². The van der Waals surface area contributed by atoms with Crippen LogP contribution in [0.3, 0.4) is 0 Å². The lowest BCUT2D eigenvalue weighted by Gasteiger charge is -2.33. The summed E-state index contributed by atoms with van der Waals surface area (Å²) in [4.78, 5) is 35.7. The summed E-state index contributed by atoms with van der Waals surface area (Å²) in [5.74, 6) is 0.526. The minimum Gasteiger partial charge on any atom is -0.348 e. The third-order valence-electron chi connectivity index (χ3n) is 4.97. The van der Waals surface area contributed by atoms with Crippen molar-refractivity contribution >= 4 is 22.8 Å². The number of hydrogen-bond acceptors (Lipinski definition) is 5. The molecule has 1 fully saturated rings. The van der Waals surface area contributed by atoms with Crippen molar-refractivity contribution in [3.05, 3.63) is 64.7 Å². The van der Waals surface area contributed by atoms with Crippen molar-refractivity contribution in [2.75, 3.05) is 18.0 Å². The third-order valence-corrected chi connectivity index (χ3v) is 4.97. The Morgan fingerprint density at radius 3 is 2.59 bits per heavy atom. The fourth-order valence-electron chi connectivity index (χ4n) is 3.47. The van der Waals surface area contributed by atoms with E-state index in [-0.39, 0.29) is 17.5 Å². The van der Waals surface area contributed by atoms with Gasteiger partial charge in [-0.05, 0) is 37.1 Å². The Kier molecular flexibility index (Phi) is 4.58. The maximum Gasteiger partial charge on any atom is 0.270 e. The van der Waals surface area contributed by atoms with Crippen LogP contribution in [0.4, 0.5) is 5.95 Å². The first kappa shape index (κ1) is 17.2. The minimum atomic E-state index is -0.148. The van der Waals surface area contributed by atoms with E-state index in [9.17, 15) is 9.59 Å². The third kappa shape index (κ3) is 3.40. The second-order valence-corrected chi connectivity index (χ2v) is 6.74. The molecule has 138 valence electrons. The molecule has 0 bridgehead atoms. The first-order chi connectivity index (χ1) is 13.1. The molecule has 7 nitrogen and oxygen atoms in total. The van der Waals surface area contributed by atoms with Gasteiger partial charge in [0.05, 0.1) is 10.9 Å². The van der Waals surface area contributed by atoms with E-state index in [2.05, 4.69) is 20.2 Å². The average molecular weight is 363 g/mol. The number of carbonyl (C=O) groups is 1. The summed E-state index contributed by atoms with van der Waals surface area (Å²) in [6.45, 7) is 1.46. The Hall–Kier alpha value is -3.22. The highest BCUT2D eigenvalue weighted by atomic mass is 16.2. The van der Waals surface area contributed by atoms with Gasteiger partial charge in [0.25, 0.3) is 11.5 Å². The Morgan fingerprint density at radius 2 is 1.85 bits per heavy atom. The number of aromatic nitrogens is 3. The summed E-state index contributed by atoms with van der Waals surface area (Å²) in [6, 6.07) is 12.8. The van der Waals surface area contributed by atoms with Crippen LogP contribution in [0.1, 0.15) is 23.3 Å². The van der Waals surface area contributed by atoms with Crippen molar-refractivity contribution in [2.45, 2.75) is 18.9 Å². The van der Waals surface area contributed by atoms with Crippen molar-refractivity contribution in [3.63, 3.8) is 0 Å². The number of pyridine rings is 1. The zero-order valence-electron chi connectivity index (χ0n) is 15.1. The molecule has 0 atom stereocenters. The van der Waals surface area contributed by atoms with Crippen LogP contribution >= 0.6 is 0 Å². The number of rotatable bonds is 3. The van der Waals surface area contributed by atoms with E-state index >= 15 is 0 Å². The zero-order chi connectivity index (χ0) is 18.8. The van der Waals surface area contributed by atoms with E-state index in [0.29, 0.717) is 22.5 Å². The molecule has 0 spiro atoms. The number of fused-ring (bicyclic) bond motifs is 1. The van der Waals surface area contributed by atoms with Crippen LogP contribution in [-0.2, 0) is 7.05 Å². The second-order valence-electron chi connectivity index (χ2n) is 6.74. The van der Waals surface area contributed by atoms with Gasteiger partial charge in [0, 0.05) is 32.4 Å². The van der Waals surface area contributed by atoms with Gasteiger partial charge >= 0.3 is 0 Å². The monoisotopic (exact) mass is 363 g/mol. The van der Waals surface area contributed by atoms with E-state index in [1.54, 1.807) is 42.1 Å². The van der Waals surface area contributed by atoms with Crippen LogP contribution in [-0.4, -0.2) is 39.6 Å². The van der Waals surface area contributed by atoms with E-state index in [1.165, 1.54) is 0 Å². The molecule has 0 aliphatic carbocycles. The molecule has 7 heteroatoms. The summed E-state index contributed by atoms with van der Waals surface area (Å²) in [6.07, 6.45) is 3.20. The number of hydrogen-bond donors (Lipinski definition) is 1. The lowest BCUT2D eigenvalue weighted by Crippen LogP contribution is -2.46. The maximum atomic E-state index is 12.6. The Bertz CT molecular complexity index is 1020. The molecule has 0 unspecified atom stereocenters. The molecular weight excluding hydrogens is 342 g/mol. The van der Waals surface area contributed by atoms with Gasteiger partial charge in [0.15, 0.2) is 0 Å². The summed E-state index contributed by atoms with van der Waals surface area (Å²) in [5.41, 5.74) is 1.10. The molecule has 3 aromatic rings. The minimum absolute atomic E-state index is 0.0406. The van der Waals surface area contributed by atoms with Crippen LogP contribution in [0.25, 0.3) is 10.9 Å². The van der Waals surface area contributed by atoms with Gasteiger partial charge in [-0.3, -0.25) is 19.1 Å². The molecule has 4 rings (SSSR count). The van der Waals surface area contributed by atoms with E-state index in [0.717, 1.165) is 25.9 Å². The van der Waals surface area contributed by atoms with Crippen molar-refractivity contribution in [3.8, 4) is 0 Å². The molecular formula is C20H21N5O2. The SMILES string of the molecule is Cn1c(N2CCC(NC(=O)c3ccccn3)CC2)nc2ccccc2c1=O. The Morgan fingerprint density at radius 1 is 1.11 bits per heavy atom. The molecule has 1 aliphatic heterocycles. The van der Waals surface area contributed by atoms with E-state index in [1.807, 2.05) is 18.2 Å². The molecule has 1 amide bonds. The predicted molar refractivity (Wildman–Crippen MR) is 104 cm³/mol. The molecule has 1 aromatic carbocycles.